The van der Waals surface area contributed by atoms with Crippen LogP contribution >= 0.6 is 0 Å². The van der Waals surface area contributed by atoms with Crippen molar-refractivity contribution in [3.63, 3.8) is 0 Å². The number of aliphatic hydroxyl groups excluding tert-OH is 1. The minimum atomic E-state index is -3.62. The molecule has 1 aromatic carbocycles. The van der Waals surface area contributed by atoms with Crippen molar-refractivity contribution in [2.75, 3.05) is 27.3 Å². The summed E-state index contributed by atoms with van der Waals surface area (Å²) in [5.41, 5.74) is 6.24. The third-order valence-corrected chi connectivity index (χ3v) is 4.49. The van der Waals surface area contributed by atoms with Crippen molar-refractivity contribution in [3.05, 3.63) is 29.8 Å². The van der Waals surface area contributed by atoms with Crippen molar-refractivity contribution in [2.24, 2.45) is 5.73 Å². The molecule has 1 atom stereocenters. The van der Waals surface area contributed by atoms with Crippen LogP contribution < -0.4 is 5.73 Å². The van der Waals surface area contributed by atoms with Gasteiger partial charge in [-0.15, -0.1) is 0 Å². The first-order valence-corrected chi connectivity index (χ1v) is 7.28. The van der Waals surface area contributed by atoms with Crippen LogP contribution in [0.3, 0.4) is 0 Å². The minimum Gasteiger partial charge on any atom is -0.389 e. The molecule has 3 N–H and O–H groups in total. The largest absolute Gasteiger partial charge is 0.389 e. The zero-order valence-corrected chi connectivity index (χ0v) is 11.9. The number of rotatable bonds is 7. The molecule has 0 spiro atoms. The summed E-state index contributed by atoms with van der Waals surface area (Å²) in [5, 5.41) is 9.58. The van der Waals surface area contributed by atoms with Crippen molar-refractivity contribution in [1.82, 2.24) is 4.31 Å². The van der Waals surface area contributed by atoms with E-state index in [0.717, 1.165) is 9.87 Å². The molecule has 1 aromatic rings. The van der Waals surface area contributed by atoms with Crippen LogP contribution in [0.4, 0.5) is 0 Å². The maximum atomic E-state index is 12.3. The molecule has 108 valence electrons. The van der Waals surface area contributed by atoms with E-state index in [9.17, 15) is 13.5 Å². The van der Waals surface area contributed by atoms with E-state index >= 15 is 0 Å². The van der Waals surface area contributed by atoms with Gasteiger partial charge in [0.25, 0.3) is 0 Å². The molecule has 0 aromatic heterocycles. The Morgan fingerprint density at radius 3 is 2.74 bits per heavy atom. The van der Waals surface area contributed by atoms with E-state index in [0.29, 0.717) is 0 Å². The number of nitrogens with two attached hydrogens (primary N) is 1. The Bertz CT molecular complexity index is 504. The first-order chi connectivity index (χ1) is 8.91. The summed E-state index contributed by atoms with van der Waals surface area (Å²) in [6.07, 6.45) is -0.859. The molecule has 1 rings (SSSR count). The lowest BCUT2D eigenvalue weighted by Gasteiger charge is -2.20. The van der Waals surface area contributed by atoms with Crippen molar-refractivity contribution >= 4 is 10.0 Å². The molecule has 0 heterocycles. The average molecular weight is 288 g/mol. The number of methoxy groups -OCH3 is 1. The monoisotopic (exact) mass is 288 g/mol. The molecule has 0 aliphatic rings. The Morgan fingerprint density at radius 1 is 1.47 bits per heavy atom. The normalized spacial score (nSPS) is 13.7. The first-order valence-electron chi connectivity index (χ1n) is 5.84. The van der Waals surface area contributed by atoms with Crippen molar-refractivity contribution in [1.29, 1.82) is 0 Å². The van der Waals surface area contributed by atoms with E-state index in [4.69, 9.17) is 10.5 Å². The third kappa shape index (κ3) is 4.26. The highest BCUT2D eigenvalue weighted by atomic mass is 32.2. The van der Waals surface area contributed by atoms with Gasteiger partial charge in [0.05, 0.1) is 17.6 Å². The first kappa shape index (κ1) is 16.1. The van der Waals surface area contributed by atoms with Crippen LogP contribution in [0.25, 0.3) is 0 Å². The lowest BCUT2D eigenvalue weighted by molar-refractivity contribution is 0.0554. The molecular weight excluding hydrogens is 268 g/mol. The van der Waals surface area contributed by atoms with Gasteiger partial charge in [-0.25, -0.2) is 8.42 Å². The Balaban J connectivity index is 2.90. The number of hydrogen-bond acceptors (Lipinski definition) is 5. The SMILES string of the molecule is COCC(O)CN(C)S(=O)(=O)c1cccc(CN)c1. The highest BCUT2D eigenvalue weighted by Gasteiger charge is 2.23. The zero-order valence-electron chi connectivity index (χ0n) is 11.1. The van der Waals surface area contributed by atoms with Gasteiger partial charge in [0.2, 0.25) is 10.0 Å². The van der Waals surface area contributed by atoms with Gasteiger partial charge in [-0.2, -0.15) is 4.31 Å². The highest BCUT2D eigenvalue weighted by Crippen LogP contribution is 2.16. The number of ether oxygens (including phenoxy) is 1. The fourth-order valence-electron chi connectivity index (χ4n) is 1.65. The standard InChI is InChI=1S/C12H20N2O4S/c1-14(8-11(15)9-18-2)19(16,17)12-5-3-4-10(6-12)7-13/h3-6,11,15H,7-9,13H2,1-2H3. The van der Waals surface area contributed by atoms with Gasteiger partial charge < -0.3 is 15.6 Å². The molecule has 7 heteroatoms. The number of likely N-dealkylation sites (N-methyl/N-ethyl adjacent to an activating group) is 1. The average Bonchev–Trinajstić information content (AvgIpc) is 2.38. The Hall–Kier alpha value is -0.990. The van der Waals surface area contributed by atoms with E-state index < -0.39 is 16.1 Å². The van der Waals surface area contributed by atoms with Crippen LogP contribution in [0.2, 0.25) is 0 Å². The topological polar surface area (TPSA) is 92.9 Å². The van der Waals surface area contributed by atoms with Crippen LogP contribution in [-0.4, -0.2) is 51.2 Å². The smallest absolute Gasteiger partial charge is 0.242 e. The maximum absolute atomic E-state index is 12.3. The molecule has 0 saturated carbocycles. The van der Waals surface area contributed by atoms with Crippen LogP contribution in [0, 0.1) is 0 Å². The Morgan fingerprint density at radius 2 is 2.16 bits per heavy atom. The van der Waals surface area contributed by atoms with Crippen molar-refractivity contribution in [2.45, 2.75) is 17.5 Å². The quantitative estimate of drug-likeness (QED) is 0.723. The summed E-state index contributed by atoms with van der Waals surface area (Å²) >= 11 is 0. The minimum absolute atomic E-state index is 0.0248. The molecule has 19 heavy (non-hydrogen) atoms. The van der Waals surface area contributed by atoms with Crippen LogP contribution in [-0.2, 0) is 21.3 Å². The van der Waals surface area contributed by atoms with E-state index in [2.05, 4.69) is 0 Å². The van der Waals surface area contributed by atoms with Gasteiger partial charge >= 0.3 is 0 Å². The molecule has 0 bridgehead atoms. The van der Waals surface area contributed by atoms with E-state index in [-0.39, 0.29) is 24.6 Å². The van der Waals surface area contributed by atoms with Crippen molar-refractivity contribution < 1.29 is 18.3 Å². The predicted molar refractivity (Wildman–Crippen MR) is 72.0 cm³/mol. The second-order valence-electron chi connectivity index (χ2n) is 4.25. The molecule has 0 aliphatic carbocycles. The number of sulfonamides is 1. The fourth-order valence-corrected chi connectivity index (χ4v) is 2.93. The lowest BCUT2D eigenvalue weighted by Crippen LogP contribution is -2.36. The van der Waals surface area contributed by atoms with Gasteiger partial charge in [0, 0.05) is 27.2 Å². The summed E-state index contributed by atoms with van der Waals surface area (Å²) in [7, 11) is -0.756. The molecule has 6 nitrogen and oxygen atoms in total. The molecule has 1 unspecified atom stereocenters. The van der Waals surface area contributed by atoms with Gasteiger partial charge in [-0.3, -0.25) is 0 Å². The van der Waals surface area contributed by atoms with Crippen LogP contribution in [0.15, 0.2) is 29.2 Å². The summed E-state index contributed by atoms with van der Waals surface area (Å²) < 4.78 is 30.4. The predicted octanol–water partition coefficient (Wildman–Crippen LogP) is -0.227. The van der Waals surface area contributed by atoms with E-state index in [1.807, 2.05) is 0 Å². The second kappa shape index (κ2) is 6.97. The number of aliphatic hydroxyl groups is 1. The molecule has 0 fully saturated rings. The summed E-state index contributed by atoms with van der Waals surface area (Å²) in [4.78, 5) is 0.169. The molecule has 0 amide bonds. The third-order valence-electron chi connectivity index (χ3n) is 2.67. The molecule has 0 aliphatic heterocycles. The Kier molecular flexibility index (Phi) is 5.89. The van der Waals surface area contributed by atoms with Crippen LogP contribution in [0.1, 0.15) is 5.56 Å². The van der Waals surface area contributed by atoms with Gasteiger partial charge in [-0.05, 0) is 17.7 Å². The van der Waals surface area contributed by atoms with Crippen molar-refractivity contribution in [3.8, 4) is 0 Å². The number of benzene rings is 1. The number of hydrogen-bond donors (Lipinski definition) is 2. The highest BCUT2D eigenvalue weighted by molar-refractivity contribution is 7.89. The van der Waals surface area contributed by atoms with Gasteiger partial charge in [-0.1, -0.05) is 12.1 Å². The summed E-state index contributed by atoms with van der Waals surface area (Å²) in [5.74, 6) is 0. The van der Waals surface area contributed by atoms with E-state index in [1.54, 1.807) is 12.1 Å². The lowest BCUT2D eigenvalue weighted by atomic mass is 10.2. The molecule has 0 saturated heterocycles. The summed E-state index contributed by atoms with van der Waals surface area (Å²) in [6, 6.07) is 6.45. The zero-order chi connectivity index (χ0) is 14.5. The molecular formula is C12H20N2O4S. The summed E-state index contributed by atoms with van der Waals surface area (Å²) in [6.45, 7) is 0.338. The Labute approximate surface area is 113 Å². The second-order valence-corrected chi connectivity index (χ2v) is 6.29. The van der Waals surface area contributed by atoms with Gasteiger partial charge in [0.1, 0.15) is 0 Å². The van der Waals surface area contributed by atoms with Gasteiger partial charge in [0.15, 0.2) is 0 Å². The van der Waals surface area contributed by atoms with E-state index in [1.165, 1.54) is 26.3 Å². The number of nitrogens with zero attached hydrogens (tertiary/aromatic N) is 1. The maximum Gasteiger partial charge on any atom is 0.242 e. The van der Waals surface area contributed by atoms with Crippen LogP contribution in [0.5, 0.6) is 0 Å². The fraction of sp³-hybridized carbons (Fsp3) is 0.500. The molecule has 0 radical (unpaired) electrons.